The number of pyridine rings is 1. The Balaban J connectivity index is 1.37. The van der Waals surface area contributed by atoms with E-state index in [1.54, 1.807) is 0 Å². The fraction of sp³-hybridized carbons (Fsp3) is 0.240. The molecule has 2 heterocycles. The van der Waals surface area contributed by atoms with Crippen molar-refractivity contribution in [2.24, 2.45) is 0 Å². The molecule has 3 aromatic rings. The van der Waals surface area contributed by atoms with Gasteiger partial charge in [-0.05, 0) is 36.8 Å². The van der Waals surface area contributed by atoms with E-state index in [2.05, 4.69) is 16.0 Å². The fourth-order valence-corrected chi connectivity index (χ4v) is 3.78. The molecule has 0 N–H and O–H groups in total. The normalized spacial score (nSPS) is 14.3. The van der Waals surface area contributed by atoms with Crippen molar-refractivity contribution in [2.75, 3.05) is 26.2 Å². The zero-order valence-corrected chi connectivity index (χ0v) is 17.1. The highest BCUT2D eigenvalue weighted by Crippen LogP contribution is 2.20. The van der Waals surface area contributed by atoms with E-state index in [1.165, 1.54) is 5.56 Å². The second-order valence-corrected chi connectivity index (χ2v) is 7.57. The van der Waals surface area contributed by atoms with Crippen molar-refractivity contribution in [3.05, 3.63) is 89.1 Å². The third kappa shape index (κ3) is 4.40. The highest BCUT2D eigenvalue weighted by molar-refractivity contribution is 5.95. The maximum atomic E-state index is 13.0. The molecule has 1 aliphatic rings. The van der Waals surface area contributed by atoms with E-state index >= 15 is 0 Å². The fourth-order valence-electron chi connectivity index (χ4n) is 3.78. The van der Waals surface area contributed by atoms with Crippen LogP contribution in [0.3, 0.4) is 0 Å². The maximum absolute atomic E-state index is 13.0. The average molecular weight is 396 g/mol. The number of benzene rings is 2. The molecule has 0 saturated carbocycles. The van der Waals surface area contributed by atoms with Gasteiger partial charge in [-0.1, -0.05) is 42.5 Å². The van der Waals surface area contributed by atoms with Crippen LogP contribution < -0.4 is 0 Å². The summed E-state index contributed by atoms with van der Waals surface area (Å²) in [7, 11) is 0. The number of hydrogen-bond donors (Lipinski definition) is 0. The topological polar surface area (TPSA) is 60.2 Å². The molecule has 0 atom stereocenters. The molecule has 4 rings (SSSR count). The van der Waals surface area contributed by atoms with E-state index in [1.807, 2.05) is 78.6 Å². The smallest absolute Gasteiger partial charge is 0.255 e. The molecule has 1 saturated heterocycles. The van der Waals surface area contributed by atoms with Gasteiger partial charge in [-0.25, -0.2) is 0 Å². The van der Waals surface area contributed by atoms with Gasteiger partial charge in [0.15, 0.2) is 0 Å². The van der Waals surface area contributed by atoms with Gasteiger partial charge in [-0.3, -0.25) is 14.7 Å². The van der Waals surface area contributed by atoms with Gasteiger partial charge in [-0.2, -0.15) is 5.26 Å². The maximum Gasteiger partial charge on any atom is 0.255 e. The van der Waals surface area contributed by atoms with Crippen LogP contribution in [-0.4, -0.2) is 46.9 Å². The largest absolute Gasteiger partial charge is 0.336 e. The number of piperazine rings is 1. The standard InChI is InChI=1S/C25H24N4O/c1-19-23(11-12-24(27-19)22-5-3-2-4-6-22)25(30)29-15-13-28(14-16-29)18-21-9-7-20(17-26)8-10-21/h2-12H,13-16,18H2,1H3. The lowest BCUT2D eigenvalue weighted by Crippen LogP contribution is -2.48. The Hall–Kier alpha value is -3.49. The first-order valence-corrected chi connectivity index (χ1v) is 10.2. The molecular weight excluding hydrogens is 372 g/mol. The summed E-state index contributed by atoms with van der Waals surface area (Å²) in [6.45, 7) is 5.81. The lowest BCUT2D eigenvalue weighted by molar-refractivity contribution is 0.0627. The number of rotatable bonds is 4. The van der Waals surface area contributed by atoms with Crippen LogP contribution in [0, 0.1) is 18.3 Å². The van der Waals surface area contributed by atoms with E-state index in [0.717, 1.165) is 36.6 Å². The Morgan fingerprint density at radius 2 is 1.67 bits per heavy atom. The zero-order valence-electron chi connectivity index (χ0n) is 17.1. The molecule has 2 aromatic carbocycles. The van der Waals surface area contributed by atoms with Gasteiger partial charge in [0.1, 0.15) is 0 Å². The summed E-state index contributed by atoms with van der Waals surface area (Å²) in [5.41, 5.74) is 5.24. The lowest BCUT2D eigenvalue weighted by atomic mass is 10.1. The van der Waals surface area contributed by atoms with Crippen LogP contribution in [-0.2, 0) is 6.54 Å². The van der Waals surface area contributed by atoms with E-state index in [0.29, 0.717) is 24.2 Å². The van der Waals surface area contributed by atoms with Gasteiger partial charge in [0.2, 0.25) is 0 Å². The van der Waals surface area contributed by atoms with Crippen molar-refractivity contribution in [3.63, 3.8) is 0 Å². The molecule has 1 amide bonds. The minimum absolute atomic E-state index is 0.0534. The summed E-state index contributed by atoms with van der Waals surface area (Å²) in [6.07, 6.45) is 0. The molecule has 1 aliphatic heterocycles. The molecule has 0 bridgehead atoms. The van der Waals surface area contributed by atoms with Crippen molar-refractivity contribution < 1.29 is 4.79 Å². The molecule has 1 aromatic heterocycles. The highest BCUT2D eigenvalue weighted by atomic mass is 16.2. The number of hydrogen-bond acceptors (Lipinski definition) is 4. The Kier molecular flexibility index (Phi) is 5.87. The molecule has 5 heteroatoms. The Bertz CT molecular complexity index is 1060. The highest BCUT2D eigenvalue weighted by Gasteiger charge is 2.23. The minimum Gasteiger partial charge on any atom is -0.336 e. The van der Waals surface area contributed by atoms with Crippen LogP contribution in [0.1, 0.15) is 27.2 Å². The quantitative estimate of drug-likeness (QED) is 0.671. The van der Waals surface area contributed by atoms with Crippen LogP contribution in [0.2, 0.25) is 0 Å². The summed E-state index contributed by atoms with van der Waals surface area (Å²) in [6, 6.07) is 23.7. The van der Waals surface area contributed by atoms with Gasteiger partial charge in [0, 0.05) is 38.3 Å². The molecule has 0 radical (unpaired) electrons. The first-order valence-electron chi connectivity index (χ1n) is 10.2. The van der Waals surface area contributed by atoms with Crippen molar-refractivity contribution in [1.29, 1.82) is 5.26 Å². The number of nitrogens with zero attached hydrogens (tertiary/aromatic N) is 4. The number of carbonyl (C=O) groups is 1. The van der Waals surface area contributed by atoms with Crippen LogP contribution in [0.15, 0.2) is 66.7 Å². The van der Waals surface area contributed by atoms with Crippen molar-refractivity contribution in [3.8, 4) is 17.3 Å². The van der Waals surface area contributed by atoms with Crippen molar-refractivity contribution >= 4 is 5.91 Å². The molecular formula is C25H24N4O. The van der Waals surface area contributed by atoms with E-state index in [4.69, 9.17) is 5.26 Å². The van der Waals surface area contributed by atoms with E-state index in [9.17, 15) is 4.79 Å². The molecule has 0 aliphatic carbocycles. The molecule has 0 spiro atoms. The van der Waals surface area contributed by atoms with Crippen LogP contribution in [0.5, 0.6) is 0 Å². The second-order valence-electron chi connectivity index (χ2n) is 7.57. The lowest BCUT2D eigenvalue weighted by Gasteiger charge is -2.35. The first-order chi connectivity index (χ1) is 14.6. The Labute approximate surface area is 177 Å². The number of nitriles is 1. The number of aryl methyl sites for hydroxylation is 1. The van der Waals surface area contributed by atoms with Gasteiger partial charge in [-0.15, -0.1) is 0 Å². The number of carbonyl (C=O) groups excluding carboxylic acids is 1. The van der Waals surface area contributed by atoms with Gasteiger partial charge >= 0.3 is 0 Å². The third-order valence-corrected chi connectivity index (χ3v) is 5.53. The van der Waals surface area contributed by atoms with Crippen molar-refractivity contribution in [2.45, 2.75) is 13.5 Å². The third-order valence-electron chi connectivity index (χ3n) is 5.53. The monoisotopic (exact) mass is 396 g/mol. The summed E-state index contributed by atoms with van der Waals surface area (Å²) < 4.78 is 0. The van der Waals surface area contributed by atoms with Crippen LogP contribution in [0.4, 0.5) is 0 Å². The van der Waals surface area contributed by atoms with E-state index in [-0.39, 0.29) is 5.91 Å². The first kappa shape index (κ1) is 19.8. The zero-order chi connectivity index (χ0) is 20.9. The average Bonchev–Trinajstić information content (AvgIpc) is 2.80. The SMILES string of the molecule is Cc1nc(-c2ccccc2)ccc1C(=O)N1CCN(Cc2ccc(C#N)cc2)CC1. The summed E-state index contributed by atoms with van der Waals surface area (Å²) in [5.74, 6) is 0.0534. The molecule has 150 valence electrons. The molecule has 0 unspecified atom stereocenters. The minimum atomic E-state index is 0.0534. The predicted octanol–water partition coefficient (Wildman–Crippen LogP) is 3.89. The number of aromatic nitrogens is 1. The van der Waals surface area contributed by atoms with Crippen molar-refractivity contribution in [1.82, 2.24) is 14.8 Å². The van der Waals surface area contributed by atoms with Gasteiger partial charge in [0.05, 0.1) is 28.6 Å². The Morgan fingerprint density at radius 1 is 0.967 bits per heavy atom. The van der Waals surface area contributed by atoms with Gasteiger partial charge in [0.25, 0.3) is 5.91 Å². The van der Waals surface area contributed by atoms with Gasteiger partial charge < -0.3 is 4.90 Å². The summed E-state index contributed by atoms with van der Waals surface area (Å²) in [4.78, 5) is 22.0. The Morgan fingerprint density at radius 3 is 2.30 bits per heavy atom. The van der Waals surface area contributed by atoms with Crippen LogP contribution >= 0.6 is 0 Å². The summed E-state index contributed by atoms with van der Waals surface area (Å²) >= 11 is 0. The molecule has 1 fully saturated rings. The second kappa shape index (κ2) is 8.89. The predicted molar refractivity (Wildman–Crippen MR) is 117 cm³/mol. The summed E-state index contributed by atoms with van der Waals surface area (Å²) in [5, 5.41) is 8.92. The molecule has 5 nitrogen and oxygen atoms in total. The van der Waals surface area contributed by atoms with E-state index < -0.39 is 0 Å². The van der Waals surface area contributed by atoms with Crippen LogP contribution in [0.25, 0.3) is 11.3 Å². The number of amides is 1. The molecule has 30 heavy (non-hydrogen) atoms.